The summed E-state index contributed by atoms with van der Waals surface area (Å²) < 4.78 is 27.8. The molecule has 1 aromatic rings. The van der Waals surface area contributed by atoms with Crippen molar-refractivity contribution in [1.82, 2.24) is 10.9 Å². The second kappa shape index (κ2) is 14.8. The minimum Gasteiger partial charge on any atom is -0.463 e. The largest absolute Gasteiger partial charge is 0.463 e. The number of thiocarbonyl (C=S) groups is 1. The number of rotatable bonds is 8. The van der Waals surface area contributed by atoms with Gasteiger partial charge in [0, 0.05) is 32.2 Å². The van der Waals surface area contributed by atoms with Crippen LogP contribution in [0.25, 0.3) is 0 Å². The van der Waals surface area contributed by atoms with Gasteiger partial charge in [-0.2, -0.15) is 5.11 Å². The topological polar surface area (TPSA) is 193 Å². The maximum absolute atomic E-state index is 12.2. The maximum atomic E-state index is 12.2. The van der Waals surface area contributed by atoms with Crippen molar-refractivity contribution < 1.29 is 52.5 Å². The molecule has 0 spiro atoms. The molecule has 0 unspecified atom stereocenters. The summed E-state index contributed by atoms with van der Waals surface area (Å²) in [6, 6.07) is 6.93. The third-order valence-corrected chi connectivity index (χ3v) is 6.08. The summed E-state index contributed by atoms with van der Waals surface area (Å²) in [5.74, 6) is -3.75. The molecule has 0 aromatic heterocycles. The van der Waals surface area contributed by atoms with Crippen LogP contribution in [-0.2, 0) is 52.5 Å². The number of benzene rings is 1. The molecule has 42 heavy (non-hydrogen) atoms. The average Bonchev–Trinajstić information content (AvgIpc) is 3.26. The van der Waals surface area contributed by atoms with Crippen molar-refractivity contribution in [3.63, 3.8) is 0 Å². The van der Waals surface area contributed by atoms with Crippen LogP contribution in [0.2, 0.25) is 0 Å². The highest BCUT2D eigenvalue weighted by Crippen LogP contribution is 2.29. The Morgan fingerprint density at radius 1 is 1.00 bits per heavy atom. The van der Waals surface area contributed by atoms with Crippen LogP contribution in [0.1, 0.15) is 27.7 Å². The van der Waals surface area contributed by atoms with Gasteiger partial charge < -0.3 is 33.8 Å². The Labute approximate surface area is 252 Å². The van der Waals surface area contributed by atoms with E-state index in [0.717, 1.165) is 38.4 Å². The Hall–Kier alpha value is -4.00. The first-order chi connectivity index (χ1) is 19.8. The van der Waals surface area contributed by atoms with Gasteiger partial charge in [-0.15, -0.1) is 5.11 Å². The molecule has 5 atom stereocenters. The summed E-state index contributed by atoms with van der Waals surface area (Å²) in [4.78, 5) is 64.3. The minimum atomic E-state index is -1.40. The summed E-state index contributed by atoms with van der Waals surface area (Å²) in [5.41, 5.74) is 2.99. The molecule has 226 valence electrons. The van der Waals surface area contributed by atoms with E-state index in [1.807, 2.05) is 0 Å². The normalized spacial score (nSPS) is 24.6. The van der Waals surface area contributed by atoms with Gasteiger partial charge >= 0.3 is 29.8 Å². The van der Waals surface area contributed by atoms with E-state index >= 15 is 0 Å². The lowest BCUT2D eigenvalue weighted by Gasteiger charge is -2.44. The summed E-state index contributed by atoms with van der Waals surface area (Å²) in [7, 11) is 0. The first-order valence-corrected chi connectivity index (χ1v) is 13.3. The molecule has 2 N–H and O–H groups in total. The Morgan fingerprint density at radius 3 is 2.19 bits per heavy atom. The number of ether oxygens (including phenoxy) is 5. The molecule has 2 aliphatic rings. The Bertz CT molecular complexity index is 1290. The van der Waals surface area contributed by atoms with Crippen molar-refractivity contribution in [2.45, 2.75) is 58.3 Å². The number of anilines is 1. The van der Waals surface area contributed by atoms with Gasteiger partial charge in [0.15, 0.2) is 30.2 Å². The minimum absolute atomic E-state index is 0.0174. The van der Waals surface area contributed by atoms with E-state index in [1.54, 1.807) is 24.3 Å². The molecule has 1 aromatic carbocycles. The smallest absolute Gasteiger partial charge is 0.378 e. The van der Waals surface area contributed by atoms with E-state index in [9.17, 15) is 24.0 Å². The SMILES string of the molecule is CC(=O)OC[C@H]1O[C@@H](NC(=S)N=N/C=C2\C(=O)ONN2c2ccc(Br)cc2)[C@H](OC(C)=O)[C@@H](OC(C)=O)[C@@H]1OC(C)=O. The van der Waals surface area contributed by atoms with Gasteiger partial charge in [-0.3, -0.25) is 19.2 Å². The summed E-state index contributed by atoms with van der Waals surface area (Å²) >= 11 is 8.56. The highest BCUT2D eigenvalue weighted by molar-refractivity contribution is 9.10. The molecule has 2 fully saturated rings. The van der Waals surface area contributed by atoms with Gasteiger partial charge in [0.25, 0.3) is 0 Å². The van der Waals surface area contributed by atoms with Crippen molar-refractivity contribution in [3.05, 3.63) is 40.6 Å². The van der Waals surface area contributed by atoms with Gasteiger partial charge in [-0.25, -0.2) is 9.80 Å². The second-order valence-corrected chi connectivity index (χ2v) is 9.89. The van der Waals surface area contributed by atoms with E-state index in [-0.39, 0.29) is 10.8 Å². The molecule has 16 nitrogen and oxygen atoms in total. The predicted molar refractivity (Wildman–Crippen MR) is 146 cm³/mol. The van der Waals surface area contributed by atoms with E-state index in [2.05, 4.69) is 37.1 Å². The molecule has 2 saturated heterocycles. The molecule has 0 amide bonds. The maximum Gasteiger partial charge on any atom is 0.378 e. The molecular weight excluding hydrogens is 646 g/mol. The van der Waals surface area contributed by atoms with Gasteiger partial charge in [0.1, 0.15) is 12.7 Å². The van der Waals surface area contributed by atoms with Crippen LogP contribution in [0, 0.1) is 0 Å². The van der Waals surface area contributed by atoms with Gasteiger partial charge in [-0.05, 0) is 36.5 Å². The molecule has 2 heterocycles. The number of hydrazine groups is 1. The molecule has 0 radical (unpaired) electrons. The lowest BCUT2D eigenvalue weighted by Crippen LogP contribution is -2.66. The molecule has 2 aliphatic heterocycles. The van der Waals surface area contributed by atoms with E-state index in [1.165, 1.54) is 5.01 Å². The van der Waals surface area contributed by atoms with Crippen LogP contribution in [-0.4, -0.2) is 72.2 Å². The van der Waals surface area contributed by atoms with Crippen LogP contribution < -0.4 is 15.9 Å². The monoisotopic (exact) mass is 671 g/mol. The van der Waals surface area contributed by atoms with Crippen LogP contribution in [0.5, 0.6) is 0 Å². The van der Waals surface area contributed by atoms with E-state index in [0.29, 0.717) is 5.69 Å². The number of hydrogen-bond acceptors (Lipinski definition) is 15. The fraction of sp³-hybridized carbons (Fsp3) is 0.417. The number of nitrogens with one attached hydrogen (secondary N) is 2. The molecule has 0 bridgehead atoms. The third kappa shape index (κ3) is 9.00. The lowest BCUT2D eigenvalue weighted by molar-refractivity contribution is -0.254. The molecule has 18 heteroatoms. The summed E-state index contributed by atoms with van der Waals surface area (Å²) in [5, 5.41) is 11.3. The number of esters is 4. The summed E-state index contributed by atoms with van der Waals surface area (Å²) in [6.45, 7) is 4.04. The zero-order valence-corrected chi connectivity index (χ0v) is 25.0. The predicted octanol–water partition coefficient (Wildman–Crippen LogP) is 1.48. The fourth-order valence-corrected chi connectivity index (χ4v) is 4.23. The Balaban J connectivity index is 1.85. The molecule has 0 saturated carbocycles. The van der Waals surface area contributed by atoms with Crippen molar-refractivity contribution in [1.29, 1.82) is 0 Å². The number of carbonyl (C=O) groups excluding carboxylic acids is 5. The molecule has 0 aliphatic carbocycles. The molecular formula is C24H26BrN5O11S. The van der Waals surface area contributed by atoms with Crippen LogP contribution in [0.15, 0.2) is 50.9 Å². The van der Waals surface area contributed by atoms with Crippen molar-refractivity contribution in [3.8, 4) is 0 Å². The molecule has 3 rings (SSSR count). The average molecular weight is 672 g/mol. The fourth-order valence-electron chi connectivity index (χ4n) is 3.80. The number of nitrogens with zero attached hydrogens (tertiary/aromatic N) is 3. The standard InChI is InChI=1S/C24H26BrN5O11S/c1-11(31)36-10-18-19(37-12(2)32)20(38-13(3)33)21(39-14(4)34)22(40-18)27-24(42)28-26-9-17-23(35)41-29-30(17)16-7-5-15(25)6-8-16/h5-9,18-22,29H,10H2,1-4H3,(H,27,42)/b17-9+,28-26?/t18-,19-,20+,21-,22-/m1/s1. The second-order valence-electron chi connectivity index (χ2n) is 8.59. The Morgan fingerprint density at radius 2 is 1.60 bits per heavy atom. The third-order valence-electron chi connectivity index (χ3n) is 5.35. The first-order valence-electron chi connectivity index (χ1n) is 12.1. The zero-order valence-electron chi connectivity index (χ0n) is 22.6. The van der Waals surface area contributed by atoms with Gasteiger partial charge in [0.05, 0.1) is 11.9 Å². The summed E-state index contributed by atoms with van der Waals surface area (Å²) in [6.07, 6.45) is -5.58. The van der Waals surface area contributed by atoms with Gasteiger partial charge in [0.2, 0.25) is 5.11 Å². The van der Waals surface area contributed by atoms with Crippen molar-refractivity contribution >= 4 is 68.8 Å². The zero-order chi connectivity index (χ0) is 31.0. The lowest BCUT2D eigenvalue weighted by atomic mass is 9.97. The quantitative estimate of drug-likeness (QED) is 0.133. The number of hydrogen-bond donors (Lipinski definition) is 2. The highest BCUT2D eigenvalue weighted by atomic mass is 79.9. The van der Waals surface area contributed by atoms with Crippen molar-refractivity contribution in [2.75, 3.05) is 11.6 Å². The highest BCUT2D eigenvalue weighted by Gasteiger charge is 2.52. The number of azo groups is 1. The van der Waals surface area contributed by atoms with E-state index < -0.39 is 67.1 Å². The van der Waals surface area contributed by atoms with Crippen LogP contribution in [0.3, 0.4) is 0 Å². The number of halogens is 1. The van der Waals surface area contributed by atoms with Gasteiger partial charge in [-0.1, -0.05) is 21.5 Å². The first kappa shape index (κ1) is 32.5. The van der Waals surface area contributed by atoms with E-state index in [4.69, 9.17) is 40.7 Å². The van der Waals surface area contributed by atoms with Crippen LogP contribution >= 0.6 is 28.1 Å². The van der Waals surface area contributed by atoms with Crippen LogP contribution in [0.4, 0.5) is 5.69 Å². The number of carbonyl (C=O) groups is 5. The van der Waals surface area contributed by atoms with Crippen molar-refractivity contribution in [2.24, 2.45) is 10.2 Å². The Kier molecular flexibility index (Phi) is 11.4.